The molecule has 0 saturated heterocycles. The number of anilines is 1. The molecule has 1 amide bonds. The fourth-order valence-electron chi connectivity index (χ4n) is 1.75. The summed E-state index contributed by atoms with van der Waals surface area (Å²) in [6, 6.07) is 10.7. The van der Waals surface area contributed by atoms with Gasteiger partial charge >= 0.3 is 5.97 Å². The molecule has 4 nitrogen and oxygen atoms in total. The molecule has 0 spiro atoms. The van der Waals surface area contributed by atoms with E-state index in [9.17, 15) is 22.8 Å². The molecule has 0 aliphatic heterocycles. The van der Waals surface area contributed by atoms with Crippen LogP contribution in [0.4, 0.5) is 18.9 Å². The number of benzene rings is 2. The van der Waals surface area contributed by atoms with Gasteiger partial charge in [-0.3, -0.25) is 4.79 Å². The highest BCUT2D eigenvalue weighted by atomic mass is 32.2. The Kier molecular flexibility index (Phi) is 6.25. The molecular formula is C16H12F3NO3S. The first-order valence-corrected chi connectivity index (χ1v) is 7.59. The Balaban J connectivity index is 1.85. The number of ether oxygens (including phenoxy) is 1. The summed E-state index contributed by atoms with van der Waals surface area (Å²) in [7, 11) is 0. The summed E-state index contributed by atoms with van der Waals surface area (Å²) in [6.07, 6.45) is 0. The summed E-state index contributed by atoms with van der Waals surface area (Å²) in [4.78, 5) is 23.7. The topological polar surface area (TPSA) is 55.4 Å². The monoisotopic (exact) mass is 355 g/mol. The maximum atomic E-state index is 13.0. The molecule has 0 aromatic heterocycles. The molecule has 0 aliphatic carbocycles. The van der Waals surface area contributed by atoms with Crippen LogP contribution in [0, 0.1) is 5.82 Å². The molecule has 0 radical (unpaired) electrons. The van der Waals surface area contributed by atoms with Gasteiger partial charge in [0, 0.05) is 10.6 Å². The van der Waals surface area contributed by atoms with E-state index in [0.29, 0.717) is 16.7 Å². The van der Waals surface area contributed by atoms with Crippen LogP contribution in [0.1, 0.15) is 10.4 Å². The summed E-state index contributed by atoms with van der Waals surface area (Å²) in [6.45, 7) is -0.553. The van der Waals surface area contributed by atoms with Gasteiger partial charge in [-0.15, -0.1) is 0 Å². The third-order valence-corrected chi connectivity index (χ3v) is 3.48. The van der Waals surface area contributed by atoms with Gasteiger partial charge in [-0.25, -0.2) is 9.18 Å². The summed E-state index contributed by atoms with van der Waals surface area (Å²) < 4.78 is 42.2. The average Bonchev–Trinajstić information content (AvgIpc) is 2.53. The number of carbonyl (C=O) groups is 2. The van der Waals surface area contributed by atoms with Gasteiger partial charge in [0.15, 0.2) is 6.61 Å². The number of nitrogens with one attached hydrogen (secondary N) is 1. The second kappa shape index (κ2) is 8.39. The maximum Gasteiger partial charge on any atom is 0.338 e. The van der Waals surface area contributed by atoms with E-state index in [-0.39, 0.29) is 11.3 Å². The lowest BCUT2D eigenvalue weighted by atomic mass is 10.2. The van der Waals surface area contributed by atoms with Crippen molar-refractivity contribution in [1.82, 2.24) is 0 Å². The first-order chi connectivity index (χ1) is 11.4. The Labute approximate surface area is 140 Å². The van der Waals surface area contributed by atoms with Gasteiger partial charge in [0.1, 0.15) is 5.82 Å². The fourth-order valence-corrected chi connectivity index (χ4v) is 2.25. The predicted octanol–water partition coefficient (Wildman–Crippen LogP) is 3.94. The highest BCUT2D eigenvalue weighted by molar-refractivity contribution is 7.99. The number of esters is 1. The Morgan fingerprint density at radius 3 is 2.46 bits per heavy atom. The van der Waals surface area contributed by atoms with Crippen LogP contribution in [0.3, 0.4) is 0 Å². The molecular weight excluding hydrogens is 343 g/mol. The molecule has 2 aromatic carbocycles. The van der Waals surface area contributed by atoms with E-state index in [1.54, 1.807) is 0 Å². The zero-order valence-electron chi connectivity index (χ0n) is 12.2. The lowest BCUT2D eigenvalue weighted by Gasteiger charge is -2.07. The first kappa shape index (κ1) is 17.9. The summed E-state index contributed by atoms with van der Waals surface area (Å²) in [5.74, 6) is -4.45. The van der Waals surface area contributed by atoms with Gasteiger partial charge in [-0.05, 0) is 42.5 Å². The Hall–Kier alpha value is -2.48. The average molecular weight is 355 g/mol. The molecule has 8 heteroatoms. The SMILES string of the molecule is O=C(COC(=O)c1ccc(SC(F)F)cc1)Nc1cccc(F)c1. The highest BCUT2D eigenvalue weighted by Gasteiger charge is 2.12. The van der Waals surface area contributed by atoms with Crippen molar-refractivity contribution in [1.29, 1.82) is 0 Å². The third-order valence-electron chi connectivity index (χ3n) is 2.76. The number of hydrogen-bond acceptors (Lipinski definition) is 4. The van der Waals surface area contributed by atoms with Crippen molar-refractivity contribution in [3.8, 4) is 0 Å². The molecule has 126 valence electrons. The van der Waals surface area contributed by atoms with E-state index in [0.717, 1.165) is 6.07 Å². The van der Waals surface area contributed by atoms with Gasteiger partial charge in [-0.1, -0.05) is 17.8 Å². The molecule has 24 heavy (non-hydrogen) atoms. The van der Waals surface area contributed by atoms with E-state index >= 15 is 0 Å². The Bertz CT molecular complexity index is 723. The highest BCUT2D eigenvalue weighted by Crippen LogP contribution is 2.25. The van der Waals surface area contributed by atoms with Crippen LogP contribution in [0.25, 0.3) is 0 Å². The Morgan fingerprint density at radius 1 is 1.12 bits per heavy atom. The zero-order chi connectivity index (χ0) is 17.5. The summed E-state index contributed by atoms with van der Waals surface area (Å²) >= 11 is 0.359. The number of amides is 1. The van der Waals surface area contributed by atoms with Crippen LogP contribution in [0.15, 0.2) is 53.4 Å². The van der Waals surface area contributed by atoms with Gasteiger partial charge in [0.05, 0.1) is 5.56 Å². The van der Waals surface area contributed by atoms with Crippen molar-refractivity contribution >= 4 is 29.3 Å². The van der Waals surface area contributed by atoms with Gasteiger partial charge < -0.3 is 10.1 Å². The fraction of sp³-hybridized carbons (Fsp3) is 0.125. The molecule has 2 rings (SSSR count). The number of alkyl halides is 2. The van der Waals surface area contributed by atoms with E-state index in [1.807, 2.05) is 0 Å². The zero-order valence-corrected chi connectivity index (χ0v) is 13.0. The normalized spacial score (nSPS) is 10.5. The molecule has 0 saturated carbocycles. The molecule has 0 aliphatic rings. The smallest absolute Gasteiger partial charge is 0.338 e. The molecule has 2 aromatic rings. The van der Waals surface area contributed by atoms with Crippen LogP contribution >= 0.6 is 11.8 Å². The minimum atomic E-state index is -2.55. The van der Waals surface area contributed by atoms with Crippen molar-refractivity contribution in [2.45, 2.75) is 10.7 Å². The maximum absolute atomic E-state index is 13.0. The van der Waals surface area contributed by atoms with Crippen molar-refractivity contribution in [3.05, 3.63) is 59.9 Å². The molecule has 0 fully saturated rings. The van der Waals surface area contributed by atoms with Crippen LogP contribution in [-0.4, -0.2) is 24.2 Å². The molecule has 0 bridgehead atoms. The van der Waals surface area contributed by atoms with E-state index < -0.39 is 30.1 Å². The van der Waals surface area contributed by atoms with Crippen molar-refractivity contribution in [3.63, 3.8) is 0 Å². The Morgan fingerprint density at radius 2 is 1.83 bits per heavy atom. The van der Waals surface area contributed by atoms with E-state index in [4.69, 9.17) is 4.74 Å². The van der Waals surface area contributed by atoms with Crippen molar-refractivity contribution < 1.29 is 27.5 Å². The number of rotatable bonds is 6. The summed E-state index contributed by atoms with van der Waals surface area (Å²) in [5, 5.41) is 2.38. The number of carbonyl (C=O) groups excluding carboxylic acids is 2. The van der Waals surface area contributed by atoms with E-state index in [2.05, 4.69) is 5.32 Å². The van der Waals surface area contributed by atoms with Gasteiger partial charge in [-0.2, -0.15) is 8.78 Å². The second-order valence-corrected chi connectivity index (χ2v) is 5.60. The molecule has 0 heterocycles. The summed E-state index contributed by atoms with van der Waals surface area (Å²) in [5.41, 5.74) is 0.372. The van der Waals surface area contributed by atoms with Gasteiger partial charge in [0.2, 0.25) is 0 Å². The largest absolute Gasteiger partial charge is 0.452 e. The van der Waals surface area contributed by atoms with Crippen LogP contribution in [0.2, 0.25) is 0 Å². The van der Waals surface area contributed by atoms with Crippen LogP contribution < -0.4 is 5.32 Å². The van der Waals surface area contributed by atoms with Crippen molar-refractivity contribution in [2.75, 3.05) is 11.9 Å². The van der Waals surface area contributed by atoms with Crippen molar-refractivity contribution in [2.24, 2.45) is 0 Å². The number of thioether (sulfide) groups is 1. The quantitative estimate of drug-likeness (QED) is 0.630. The molecule has 0 unspecified atom stereocenters. The van der Waals surface area contributed by atoms with Crippen LogP contribution in [-0.2, 0) is 9.53 Å². The molecule has 0 atom stereocenters. The van der Waals surface area contributed by atoms with Crippen LogP contribution in [0.5, 0.6) is 0 Å². The minimum Gasteiger partial charge on any atom is -0.452 e. The minimum absolute atomic E-state index is 0.132. The lowest BCUT2D eigenvalue weighted by Crippen LogP contribution is -2.20. The predicted molar refractivity (Wildman–Crippen MR) is 83.6 cm³/mol. The lowest BCUT2D eigenvalue weighted by molar-refractivity contribution is -0.119. The van der Waals surface area contributed by atoms with Gasteiger partial charge in [0.25, 0.3) is 11.7 Å². The first-order valence-electron chi connectivity index (χ1n) is 6.71. The van der Waals surface area contributed by atoms with E-state index in [1.165, 1.54) is 42.5 Å². The third kappa shape index (κ3) is 5.62. The molecule has 1 N–H and O–H groups in total. The number of hydrogen-bond donors (Lipinski definition) is 1. The second-order valence-electron chi connectivity index (χ2n) is 4.54. The number of halogens is 3. The standard InChI is InChI=1S/C16H12F3NO3S/c17-11-2-1-3-12(8-11)20-14(21)9-23-15(22)10-4-6-13(7-5-10)24-16(18)19/h1-8,16H,9H2,(H,20,21).